The molecule has 0 aliphatic heterocycles. The van der Waals surface area contributed by atoms with Crippen molar-refractivity contribution >= 4 is 5.82 Å². The molecule has 3 nitrogen and oxygen atoms in total. The zero-order valence-corrected chi connectivity index (χ0v) is 8.25. The van der Waals surface area contributed by atoms with E-state index in [9.17, 15) is 0 Å². The molecule has 0 radical (unpaired) electrons. The minimum Gasteiger partial charge on any atom is -0.384 e. The lowest BCUT2D eigenvalue weighted by molar-refractivity contribution is 0.590. The number of nitrogens with zero attached hydrogens (tertiary/aromatic N) is 1. The molecule has 0 bridgehead atoms. The van der Waals surface area contributed by atoms with Crippen LogP contribution in [0.5, 0.6) is 0 Å². The van der Waals surface area contributed by atoms with Crippen molar-refractivity contribution in [1.29, 1.82) is 0 Å². The Kier molecular flexibility index (Phi) is 3.71. The van der Waals surface area contributed by atoms with Crippen LogP contribution in [0.2, 0.25) is 0 Å². The van der Waals surface area contributed by atoms with Crippen LogP contribution in [0.3, 0.4) is 0 Å². The number of nitrogens with one attached hydrogen (secondary N) is 1. The van der Waals surface area contributed by atoms with Crippen molar-refractivity contribution in [2.45, 2.75) is 26.3 Å². The fourth-order valence-corrected chi connectivity index (χ4v) is 1.16. The van der Waals surface area contributed by atoms with E-state index in [1.54, 1.807) is 6.20 Å². The van der Waals surface area contributed by atoms with Gasteiger partial charge < -0.3 is 11.1 Å². The van der Waals surface area contributed by atoms with E-state index in [0.717, 1.165) is 13.0 Å². The average Bonchev–Trinajstić information content (AvgIpc) is 2.03. The quantitative estimate of drug-likeness (QED) is 0.730. The normalized spacial score (nSPS) is 10.7. The smallest absolute Gasteiger partial charge is 0.123 e. The summed E-state index contributed by atoms with van der Waals surface area (Å²) in [5.41, 5.74) is 6.80. The van der Waals surface area contributed by atoms with Gasteiger partial charge in [-0.1, -0.05) is 13.8 Å². The Morgan fingerprint density at radius 1 is 1.54 bits per heavy atom. The lowest BCUT2D eigenvalue weighted by Crippen LogP contribution is -2.24. The number of aromatic nitrogens is 1. The van der Waals surface area contributed by atoms with E-state index >= 15 is 0 Å². The third kappa shape index (κ3) is 3.90. The molecule has 1 aromatic rings. The van der Waals surface area contributed by atoms with E-state index in [2.05, 4.69) is 24.1 Å². The summed E-state index contributed by atoms with van der Waals surface area (Å²) < 4.78 is 0. The molecule has 72 valence electrons. The number of pyridine rings is 1. The van der Waals surface area contributed by atoms with Crippen LogP contribution >= 0.6 is 0 Å². The maximum Gasteiger partial charge on any atom is 0.123 e. The Hall–Kier alpha value is -1.09. The molecule has 0 aromatic carbocycles. The minimum absolute atomic E-state index is 0.541. The molecule has 0 saturated heterocycles. The summed E-state index contributed by atoms with van der Waals surface area (Å²) in [5, 5.41) is 3.35. The number of anilines is 1. The second-order valence-corrected chi connectivity index (χ2v) is 3.45. The van der Waals surface area contributed by atoms with E-state index in [1.165, 1.54) is 5.56 Å². The van der Waals surface area contributed by atoms with Gasteiger partial charge in [0.1, 0.15) is 5.82 Å². The molecule has 0 amide bonds. The van der Waals surface area contributed by atoms with Gasteiger partial charge in [0.05, 0.1) is 0 Å². The Balaban J connectivity index is 2.37. The van der Waals surface area contributed by atoms with Crippen LogP contribution in [0, 0.1) is 0 Å². The summed E-state index contributed by atoms with van der Waals surface area (Å²) in [6.07, 6.45) is 2.75. The molecular formula is C10H17N3. The summed E-state index contributed by atoms with van der Waals surface area (Å²) in [4.78, 5) is 3.94. The maximum absolute atomic E-state index is 5.56. The Morgan fingerprint density at radius 3 is 2.92 bits per heavy atom. The second kappa shape index (κ2) is 4.82. The highest BCUT2D eigenvalue weighted by atomic mass is 14.9. The maximum atomic E-state index is 5.56. The first-order chi connectivity index (χ1) is 6.18. The molecule has 0 fully saturated rings. The standard InChI is InChI=1S/C10H17N3/c1-8(2)12-5-3-9-4-6-13-10(11)7-9/h4,6-8,12H,3,5H2,1-2H3,(H2,11,13). The zero-order chi connectivity index (χ0) is 9.68. The highest BCUT2D eigenvalue weighted by Crippen LogP contribution is 2.02. The van der Waals surface area contributed by atoms with Crippen LogP contribution < -0.4 is 11.1 Å². The highest BCUT2D eigenvalue weighted by molar-refractivity contribution is 5.31. The Bertz CT molecular complexity index is 258. The number of nitrogens with two attached hydrogens (primary N) is 1. The molecule has 3 N–H and O–H groups in total. The Labute approximate surface area is 79.4 Å². The van der Waals surface area contributed by atoms with E-state index in [1.807, 2.05) is 12.1 Å². The van der Waals surface area contributed by atoms with Gasteiger partial charge in [-0.3, -0.25) is 0 Å². The van der Waals surface area contributed by atoms with Crippen molar-refractivity contribution in [3.8, 4) is 0 Å². The van der Waals surface area contributed by atoms with Gasteiger partial charge in [0, 0.05) is 12.2 Å². The van der Waals surface area contributed by atoms with Gasteiger partial charge in [0.25, 0.3) is 0 Å². The lowest BCUT2D eigenvalue weighted by atomic mass is 10.2. The first-order valence-corrected chi connectivity index (χ1v) is 4.62. The third-order valence-corrected chi connectivity index (χ3v) is 1.81. The van der Waals surface area contributed by atoms with Crippen LogP contribution in [-0.4, -0.2) is 17.6 Å². The van der Waals surface area contributed by atoms with Crippen molar-refractivity contribution in [3.05, 3.63) is 23.9 Å². The number of hydrogen-bond donors (Lipinski definition) is 2. The fourth-order valence-electron chi connectivity index (χ4n) is 1.16. The van der Waals surface area contributed by atoms with Crippen LogP contribution in [0.1, 0.15) is 19.4 Å². The number of rotatable bonds is 4. The van der Waals surface area contributed by atoms with Gasteiger partial charge >= 0.3 is 0 Å². The van der Waals surface area contributed by atoms with E-state index in [4.69, 9.17) is 5.73 Å². The van der Waals surface area contributed by atoms with Crippen molar-refractivity contribution in [2.75, 3.05) is 12.3 Å². The molecule has 0 unspecified atom stereocenters. The molecule has 3 heteroatoms. The predicted molar refractivity (Wildman–Crippen MR) is 55.5 cm³/mol. The molecular weight excluding hydrogens is 162 g/mol. The fraction of sp³-hybridized carbons (Fsp3) is 0.500. The summed E-state index contributed by atoms with van der Waals surface area (Å²) in [6, 6.07) is 4.46. The van der Waals surface area contributed by atoms with Gasteiger partial charge in [0.2, 0.25) is 0 Å². The molecule has 1 heterocycles. The minimum atomic E-state index is 0.541. The Morgan fingerprint density at radius 2 is 2.31 bits per heavy atom. The van der Waals surface area contributed by atoms with Crippen LogP contribution in [0.15, 0.2) is 18.3 Å². The molecule has 0 atom stereocenters. The summed E-state index contributed by atoms with van der Waals surface area (Å²) in [7, 11) is 0. The molecule has 0 aliphatic rings. The average molecular weight is 179 g/mol. The van der Waals surface area contributed by atoms with Crippen molar-refractivity contribution < 1.29 is 0 Å². The second-order valence-electron chi connectivity index (χ2n) is 3.45. The van der Waals surface area contributed by atoms with E-state index in [0.29, 0.717) is 11.9 Å². The van der Waals surface area contributed by atoms with Crippen molar-refractivity contribution in [2.24, 2.45) is 0 Å². The molecule has 0 aliphatic carbocycles. The number of nitrogen functional groups attached to an aromatic ring is 1. The largest absolute Gasteiger partial charge is 0.384 e. The van der Waals surface area contributed by atoms with Gasteiger partial charge in [0.15, 0.2) is 0 Å². The number of hydrogen-bond acceptors (Lipinski definition) is 3. The summed E-state index contributed by atoms with van der Waals surface area (Å²) in [5.74, 6) is 0.599. The third-order valence-electron chi connectivity index (χ3n) is 1.81. The van der Waals surface area contributed by atoms with Gasteiger partial charge in [-0.05, 0) is 30.7 Å². The summed E-state index contributed by atoms with van der Waals surface area (Å²) in [6.45, 7) is 5.27. The van der Waals surface area contributed by atoms with Gasteiger partial charge in [-0.25, -0.2) is 4.98 Å². The van der Waals surface area contributed by atoms with E-state index in [-0.39, 0.29) is 0 Å². The van der Waals surface area contributed by atoms with E-state index < -0.39 is 0 Å². The molecule has 13 heavy (non-hydrogen) atoms. The van der Waals surface area contributed by atoms with Crippen LogP contribution in [0.4, 0.5) is 5.82 Å². The van der Waals surface area contributed by atoms with Crippen LogP contribution in [0.25, 0.3) is 0 Å². The van der Waals surface area contributed by atoms with Crippen molar-refractivity contribution in [1.82, 2.24) is 10.3 Å². The SMILES string of the molecule is CC(C)NCCc1ccnc(N)c1. The summed E-state index contributed by atoms with van der Waals surface area (Å²) >= 11 is 0. The molecule has 0 saturated carbocycles. The molecule has 1 aromatic heterocycles. The van der Waals surface area contributed by atoms with Gasteiger partial charge in [-0.2, -0.15) is 0 Å². The first-order valence-electron chi connectivity index (χ1n) is 4.62. The lowest BCUT2D eigenvalue weighted by Gasteiger charge is -2.07. The molecule has 0 spiro atoms. The zero-order valence-electron chi connectivity index (χ0n) is 8.25. The molecule has 1 rings (SSSR count). The highest BCUT2D eigenvalue weighted by Gasteiger charge is 1.95. The monoisotopic (exact) mass is 179 g/mol. The van der Waals surface area contributed by atoms with Gasteiger partial charge in [-0.15, -0.1) is 0 Å². The predicted octanol–water partition coefficient (Wildman–Crippen LogP) is 1.20. The van der Waals surface area contributed by atoms with Crippen molar-refractivity contribution in [3.63, 3.8) is 0 Å². The topological polar surface area (TPSA) is 50.9 Å². The van der Waals surface area contributed by atoms with Crippen LogP contribution in [-0.2, 0) is 6.42 Å². The first kappa shape index (κ1) is 9.99.